The van der Waals surface area contributed by atoms with Crippen molar-refractivity contribution in [3.63, 3.8) is 0 Å². The molecular formula is C12H21NO2. The molecule has 1 heterocycles. The number of carboxylic acids is 1. The van der Waals surface area contributed by atoms with Gasteiger partial charge in [0.05, 0.1) is 5.92 Å². The van der Waals surface area contributed by atoms with E-state index < -0.39 is 5.97 Å². The quantitative estimate of drug-likeness (QED) is 0.773. The van der Waals surface area contributed by atoms with E-state index in [1.165, 1.54) is 19.3 Å². The molecule has 1 aliphatic heterocycles. The van der Waals surface area contributed by atoms with Gasteiger partial charge < -0.3 is 10.0 Å². The SMILES string of the molecule is CC(CC1CC1)N1CCC(C(=O)O)CC1. The Morgan fingerprint density at radius 2 is 1.93 bits per heavy atom. The molecule has 2 rings (SSSR count). The van der Waals surface area contributed by atoms with Crippen molar-refractivity contribution in [2.45, 2.75) is 45.1 Å². The molecule has 1 atom stereocenters. The van der Waals surface area contributed by atoms with Crippen molar-refractivity contribution in [1.29, 1.82) is 0 Å². The average molecular weight is 211 g/mol. The summed E-state index contributed by atoms with van der Waals surface area (Å²) in [6, 6.07) is 0.659. The Bertz CT molecular complexity index is 230. The van der Waals surface area contributed by atoms with Crippen LogP contribution < -0.4 is 0 Å². The molecular weight excluding hydrogens is 190 g/mol. The summed E-state index contributed by atoms with van der Waals surface area (Å²) in [4.78, 5) is 13.3. The van der Waals surface area contributed by atoms with Crippen LogP contribution in [0, 0.1) is 11.8 Å². The highest BCUT2D eigenvalue weighted by atomic mass is 16.4. The number of rotatable bonds is 4. The molecule has 2 aliphatic rings. The summed E-state index contributed by atoms with van der Waals surface area (Å²) in [6.45, 7) is 4.25. The zero-order valence-corrected chi connectivity index (χ0v) is 9.48. The highest BCUT2D eigenvalue weighted by Crippen LogP contribution is 2.35. The van der Waals surface area contributed by atoms with Gasteiger partial charge >= 0.3 is 5.97 Å². The van der Waals surface area contributed by atoms with Crippen molar-refractivity contribution in [3.05, 3.63) is 0 Å². The second-order valence-electron chi connectivity index (χ2n) is 5.18. The number of aliphatic carboxylic acids is 1. The van der Waals surface area contributed by atoms with Gasteiger partial charge in [0.25, 0.3) is 0 Å². The van der Waals surface area contributed by atoms with Gasteiger partial charge in [0, 0.05) is 6.04 Å². The molecule has 1 saturated carbocycles. The maximum Gasteiger partial charge on any atom is 0.306 e. The molecule has 1 aliphatic carbocycles. The summed E-state index contributed by atoms with van der Waals surface area (Å²) >= 11 is 0. The van der Waals surface area contributed by atoms with Gasteiger partial charge in [-0.3, -0.25) is 4.79 Å². The number of carbonyl (C=O) groups is 1. The third kappa shape index (κ3) is 2.94. The van der Waals surface area contributed by atoms with Crippen molar-refractivity contribution in [1.82, 2.24) is 4.90 Å². The minimum absolute atomic E-state index is 0.0885. The molecule has 0 bridgehead atoms. The van der Waals surface area contributed by atoms with Gasteiger partial charge in [-0.15, -0.1) is 0 Å². The van der Waals surface area contributed by atoms with Crippen molar-refractivity contribution >= 4 is 5.97 Å². The van der Waals surface area contributed by atoms with Crippen molar-refractivity contribution in [3.8, 4) is 0 Å². The summed E-state index contributed by atoms with van der Waals surface area (Å²) in [7, 11) is 0. The fraction of sp³-hybridized carbons (Fsp3) is 0.917. The van der Waals surface area contributed by atoms with E-state index >= 15 is 0 Å². The molecule has 2 fully saturated rings. The summed E-state index contributed by atoms with van der Waals surface area (Å²) in [6.07, 6.45) is 5.82. The summed E-state index contributed by atoms with van der Waals surface area (Å²) in [5.74, 6) is 0.274. The van der Waals surface area contributed by atoms with E-state index in [0.29, 0.717) is 6.04 Å². The van der Waals surface area contributed by atoms with Crippen LogP contribution in [-0.4, -0.2) is 35.1 Å². The Balaban J connectivity index is 1.74. The number of piperidine rings is 1. The molecule has 0 aromatic heterocycles. The van der Waals surface area contributed by atoms with Gasteiger partial charge in [0.15, 0.2) is 0 Å². The Labute approximate surface area is 91.5 Å². The lowest BCUT2D eigenvalue weighted by Crippen LogP contribution is -2.41. The lowest BCUT2D eigenvalue weighted by molar-refractivity contribution is -0.143. The number of carboxylic acid groups (broad SMARTS) is 1. The summed E-state index contributed by atoms with van der Waals surface area (Å²) < 4.78 is 0. The van der Waals surface area contributed by atoms with Crippen LogP contribution in [0.1, 0.15) is 39.0 Å². The lowest BCUT2D eigenvalue weighted by Gasteiger charge is -2.34. The van der Waals surface area contributed by atoms with Crippen LogP contribution in [0.15, 0.2) is 0 Å². The topological polar surface area (TPSA) is 40.5 Å². The smallest absolute Gasteiger partial charge is 0.306 e. The first-order chi connectivity index (χ1) is 7.16. The van der Waals surface area contributed by atoms with E-state index in [0.717, 1.165) is 31.8 Å². The van der Waals surface area contributed by atoms with Crippen LogP contribution >= 0.6 is 0 Å². The number of hydrogen-bond acceptors (Lipinski definition) is 2. The third-order valence-electron chi connectivity index (χ3n) is 3.87. The summed E-state index contributed by atoms with van der Waals surface area (Å²) in [5, 5.41) is 8.90. The van der Waals surface area contributed by atoms with E-state index in [1.807, 2.05) is 0 Å². The molecule has 0 aromatic rings. The monoisotopic (exact) mass is 211 g/mol. The highest BCUT2D eigenvalue weighted by Gasteiger charge is 2.30. The lowest BCUT2D eigenvalue weighted by atomic mass is 9.95. The van der Waals surface area contributed by atoms with Crippen LogP contribution in [0.3, 0.4) is 0 Å². The Hall–Kier alpha value is -0.570. The molecule has 0 amide bonds. The van der Waals surface area contributed by atoms with Gasteiger partial charge in [-0.05, 0) is 45.2 Å². The molecule has 1 saturated heterocycles. The maximum atomic E-state index is 10.8. The highest BCUT2D eigenvalue weighted by molar-refractivity contribution is 5.70. The first-order valence-corrected chi connectivity index (χ1v) is 6.13. The summed E-state index contributed by atoms with van der Waals surface area (Å²) in [5.41, 5.74) is 0. The number of hydrogen-bond donors (Lipinski definition) is 1. The first-order valence-electron chi connectivity index (χ1n) is 6.13. The van der Waals surface area contributed by atoms with E-state index in [2.05, 4.69) is 11.8 Å². The Morgan fingerprint density at radius 1 is 1.33 bits per heavy atom. The molecule has 3 nitrogen and oxygen atoms in total. The first kappa shape index (κ1) is 10.9. The molecule has 1 unspecified atom stereocenters. The Kier molecular flexibility index (Phi) is 3.29. The predicted octanol–water partition coefficient (Wildman–Crippen LogP) is 1.97. The van der Waals surface area contributed by atoms with Crippen LogP contribution in [-0.2, 0) is 4.79 Å². The minimum Gasteiger partial charge on any atom is -0.481 e. The van der Waals surface area contributed by atoms with Crippen molar-refractivity contribution in [2.24, 2.45) is 11.8 Å². The van der Waals surface area contributed by atoms with Crippen LogP contribution in [0.4, 0.5) is 0 Å². The van der Waals surface area contributed by atoms with Gasteiger partial charge in [0.2, 0.25) is 0 Å². The maximum absolute atomic E-state index is 10.8. The van der Waals surface area contributed by atoms with E-state index in [1.54, 1.807) is 0 Å². The van der Waals surface area contributed by atoms with Gasteiger partial charge in [-0.2, -0.15) is 0 Å². The Morgan fingerprint density at radius 3 is 2.40 bits per heavy atom. The van der Waals surface area contributed by atoms with Crippen LogP contribution in [0.2, 0.25) is 0 Å². The second-order valence-corrected chi connectivity index (χ2v) is 5.18. The fourth-order valence-electron chi connectivity index (χ4n) is 2.57. The second kappa shape index (κ2) is 4.52. The number of nitrogens with zero attached hydrogens (tertiary/aromatic N) is 1. The molecule has 0 aromatic carbocycles. The fourth-order valence-corrected chi connectivity index (χ4v) is 2.57. The largest absolute Gasteiger partial charge is 0.481 e. The van der Waals surface area contributed by atoms with Crippen LogP contribution in [0.25, 0.3) is 0 Å². The average Bonchev–Trinajstić information content (AvgIpc) is 3.02. The predicted molar refractivity (Wildman–Crippen MR) is 58.7 cm³/mol. The molecule has 86 valence electrons. The van der Waals surface area contributed by atoms with Gasteiger partial charge in [-0.25, -0.2) is 0 Å². The van der Waals surface area contributed by atoms with E-state index in [4.69, 9.17) is 5.11 Å². The van der Waals surface area contributed by atoms with Crippen molar-refractivity contribution in [2.75, 3.05) is 13.1 Å². The molecule has 0 spiro atoms. The molecule has 3 heteroatoms. The minimum atomic E-state index is -0.607. The van der Waals surface area contributed by atoms with Crippen molar-refractivity contribution < 1.29 is 9.90 Å². The third-order valence-corrected chi connectivity index (χ3v) is 3.87. The van der Waals surface area contributed by atoms with Gasteiger partial charge in [-0.1, -0.05) is 12.8 Å². The standard InChI is InChI=1S/C12H21NO2/c1-9(8-10-2-3-10)13-6-4-11(5-7-13)12(14)15/h9-11H,2-8H2,1H3,(H,14,15). The zero-order chi connectivity index (χ0) is 10.8. The van der Waals surface area contributed by atoms with Crippen LogP contribution in [0.5, 0.6) is 0 Å². The van der Waals surface area contributed by atoms with Gasteiger partial charge in [0.1, 0.15) is 0 Å². The van der Waals surface area contributed by atoms with E-state index in [-0.39, 0.29) is 5.92 Å². The number of likely N-dealkylation sites (tertiary alicyclic amines) is 1. The molecule has 1 N–H and O–H groups in total. The molecule has 0 radical (unpaired) electrons. The molecule has 15 heavy (non-hydrogen) atoms. The zero-order valence-electron chi connectivity index (χ0n) is 9.48. The van der Waals surface area contributed by atoms with E-state index in [9.17, 15) is 4.79 Å². The normalized spacial score (nSPS) is 26.5.